The summed E-state index contributed by atoms with van der Waals surface area (Å²) in [6.07, 6.45) is -17.8. The quantitative estimate of drug-likeness (QED) is 0.138. The third-order valence-electron chi connectivity index (χ3n) is 5.37. The molecule has 1 heterocycles. The summed E-state index contributed by atoms with van der Waals surface area (Å²) in [5, 5.41) is 0. The van der Waals surface area contributed by atoms with Crippen LogP contribution in [0.5, 0.6) is 0 Å². The summed E-state index contributed by atoms with van der Waals surface area (Å²) in [6, 6.07) is 0. The average Bonchev–Trinajstić information content (AvgIpc) is 2.79. The number of hydrogen-bond donors (Lipinski definition) is 0. The molecule has 18 heteroatoms. The molecule has 0 aromatic heterocycles. The third-order valence-corrected chi connectivity index (χ3v) is 7.17. The number of hydrogen-bond acceptors (Lipinski definition) is 14. The van der Waals surface area contributed by atoms with Gasteiger partial charge in [-0.15, -0.1) is 0 Å². The fraction of sp³-hybridized carbons (Fsp3) is 0.800. The van der Waals surface area contributed by atoms with E-state index in [2.05, 4.69) is 0 Å². The number of ether oxygens (including phenoxy) is 6. The molecule has 0 spiro atoms. The van der Waals surface area contributed by atoms with Crippen LogP contribution in [0.3, 0.4) is 0 Å². The van der Waals surface area contributed by atoms with Crippen LogP contribution < -0.4 is 0 Å². The van der Waals surface area contributed by atoms with Gasteiger partial charge in [-0.25, -0.2) is 0 Å². The molecule has 43 heavy (non-hydrogen) atoms. The minimum absolute atomic E-state index is 0.791. The fourth-order valence-electron chi connectivity index (χ4n) is 3.42. The number of esters is 5. The van der Waals surface area contributed by atoms with E-state index in [9.17, 15) is 41.7 Å². The molecule has 0 radical (unpaired) electrons. The molecular weight excluding hydrogens is 612 g/mol. The van der Waals surface area contributed by atoms with Gasteiger partial charge in [0.25, 0.3) is 0 Å². The van der Waals surface area contributed by atoms with E-state index in [0.717, 1.165) is 20.8 Å². The molecule has 1 fully saturated rings. The van der Waals surface area contributed by atoms with Crippen LogP contribution in [0.4, 0.5) is 13.2 Å². The third kappa shape index (κ3) is 12.4. The molecule has 1 rings (SSSR count). The van der Waals surface area contributed by atoms with Crippen LogP contribution in [-0.4, -0.2) is 86.3 Å². The second-order valence-electron chi connectivity index (χ2n) is 11.5. The molecule has 5 atom stereocenters. The monoisotopic (exact) mass is 650 g/mol. The Kier molecular flexibility index (Phi) is 13.2. The van der Waals surface area contributed by atoms with E-state index >= 15 is 0 Å². The van der Waals surface area contributed by atoms with Gasteiger partial charge >= 0.3 is 43.6 Å². The Morgan fingerprint density at radius 2 is 1.05 bits per heavy atom. The van der Waals surface area contributed by atoms with E-state index < -0.39 is 105 Å². The predicted molar refractivity (Wildman–Crippen MR) is 137 cm³/mol. The second kappa shape index (κ2) is 14.8. The lowest BCUT2D eigenvalue weighted by Crippen LogP contribution is -2.65. The molecule has 0 N–H and O–H groups in total. The van der Waals surface area contributed by atoms with Crippen LogP contribution in [0.15, 0.2) is 0 Å². The Morgan fingerprint density at radius 3 is 1.40 bits per heavy atom. The lowest BCUT2D eigenvalue weighted by Gasteiger charge is -2.45. The highest BCUT2D eigenvalue weighted by atomic mass is 31.2. The van der Waals surface area contributed by atoms with Gasteiger partial charge in [-0.2, -0.15) is 13.2 Å². The maximum Gasteiger partial charge on any atom is 0.418 e. The predicted octanol–water partition coefficient (Wildman–Crippen LogP) is 3.43. The van der Waals surface area contributed by atoms with Gasteiger partial charge in [-0.3, -0.25) is 37.6 Å². The second-order valence-corrected chi connectivity index (χ2v) is 13.6. The Labute approximate surface area is 246 Å². The molecule has 1 aliphatic rings. The van der Waals surface area contributed by atoms with Gasteiger partial charge in [0.2, 0.25) is 13.6 Å². The van der Waals surface area contributed by atoms with Crippen molar-refractivity contribution in [1.82, 2.24) is 0 Å². The van der Waals surface area contributed by atoms with Crippen LogP contribution >= 0.6 is 7.60 Å². The van der Waals surface area contributed by atoms with Crippen molar-refractivity contribution < 1.29 is 79.2 Å². The van der Waals surface area contributed by atoms with Gasteiger partial charge in [0, 0.05) is 20.8 Å². The molecule has 0 aromatic carbocycles. The Bertz CT molecular complexity index is 1040. The molecule has 0 saturated carbocycles. The van der Waals surface area contributed by atoms with Gasteiger partial charge in [0.05, 0.1) is 17.0 Å². The Morgan fingerprint density at radius 1 is 0.674 bits per heavy atom. The highest BCUT2D eigenvalue weighted by molar-refractivity contribution is 7.53. The number of carbonyl (C=O) groups is 5. The zero-order chi connectivity index (χ0) is 33.6. The van der Waals surface area contributed by atoms with E-state index in [1.807, 2.05) is 0 Å². The number of rotatable bonds is 11. The lowest BCUT2D eigenvalue weighted by atomic mass is 9.94. The summed E-state index contributed by atoms with van der Waals surface area (Å²) < 4.78 is 96.4. The first kappa shape index (κ1) is 38.3. The molecule has 248 valence electrons. The first-order chi connectivity index (χ1) is 19.4. The van der Waals surface area contributed by atoms with Crippen molar-refractivity contribution in [3.8, 4) is 0 Å². The molecular formula is C25H38F3O14P. The summed E-state index contributed by atoms with van der Waals surface area (Å²) in [5.41, 5.74) is -2.04. The van der Waals surface area contributed by atoms with Crippen molar-refractivity contribution in [2.75, 3.05) is 19.7 Å². The largest absolute Gasteiger partial charge is 0.456 e. The van der Waals surface area contributed by atoms with E-state index in [1.54, 1.807) is 0 Å². The SMILES string of the molecule is CC(=O)O[C@H]1[C@H](OC(C)=O)[C@H](CP(=O)(OCOC(=O)C(C)(C)C)OCOC(=O)C(C)(C)C)O[C@@H](C(F)(F)F)[C@H]1OC(C)=O. The maximum absolute atomic E-state index is 14.1. The topological polar surface area (TPSA) is 176 Å². The van der Waals surface area contributed by atoms with E-state index in [1.165, 1.54) is 41.5 Å². The Hall–Kier alpha value is -2.75. The first-order valence-electron chi connectivity index (χ1n) is 12.8. The van der Waals surface area contributed by atoms with E-state index in [-0.39, 0.29) is 0 Å². The first-order valence-corrected chi connectivity index (χ1v) is 14.6. The normalized spacial score (nSPS) is 23.1. The highest BCUT2D eigenvalue weighted by Gasteiger charge is 2.61. The minimum atomic E-state index is -5.26. The molecule has 14 nitrogen and oxygen atoms in total. The summed E-state index contributed by atoms with van der Waals surface area (Å²) in [7, 11) is -4.76. The van der Waals surface area contributed by atoms with Crippen molar-refractivity contribution in [2.45, 2.75) is 99.0 Å². The standard InChI is InChI=1S/C25H38F3O14P/c1-13(29)39-17-16(42-20(25(26,27)28)19(41-15(3)31)18(17)40-14(2)30)10-43(34,37-11-35-21(32)23(4,5)6)38-12-36-22(33)24(7,8)9/h16-20H,10-12H2,1-9H3/t16-,17+,18-,19-,20+/m0/s1. The number of alkyl halides is 3. The summed E-state index contributed by atoms with van der Waals surface area (Å²) in [6.45, 7) is 9.49. The van der Waals surface area contributed by atoms with Crippen LogP contribution in [0.2, 0.25) is 0 Å². The highest BCUT2D eigenvalue weighted by Crippen LogP contribution is 2.51. The van der Waals surface area contributed by atoms with Gasteiger partial charge in [0.1, 0.15) is 6.10 Å². The summed E-state index contributed by atoms with van der Waals surface area (Å²) in [5.74, 6) is -5.04. The van der Waals surface area contributed by atoms with Crippen molar-refractivity contribution in [3.63, 3.8) is 0 Å². The molecule has 0 amide bonds. The lowest BCUT2D eigenvalue weighted by molar-refractivity contribution is -0.312. The number of halogens is 3. The van der Waals surface area contributed by atoms with Crippen LogP contribution in [0.25, 0.3) is 0 Å². The smallest absolute Gasteiger partial charge is 0.418 e. The molecule has 0 unspecified atom stereocenters. The number of carbonyl (C=O) groups excluding carboxylic acids is 5. The van der Waals surface area contributed by atoms with Crippen molar-refractivity contribution >= 4 is 37.4 Å². The minimum Gasteiger partial charge on any atom is -0.456 e. The summed E-state index contributed by atoms with van der Waals surface area (Å²) >= 11 is 0. The molecule has 0 aliphatic carbocycles. The van der Waals surface area contributed by atoms with Gasteiger partial charge < -0.3 is 28.4 Å². The zero-order valence-electron chi connectivity index (χ0n) is 25.3. The average molecular weight is 651 g/mol. The van der Waals surface area contributed by atoms with Gasteiger partial charge in [-0.05, 0) is 41.5 Å². The van der Waals surface area contributed by atoms with Crippen LogP contribution in [0, 0.1) is 10.8 Å². The van der Waals surface area contributed by atoms with E-state index in [4.69, 9.17) is 37.5 Å². The van der Waals surface area contributed by atoms with Crippen LogP contribution in [-0.2, 0) is 66.0 Å². The van der Waals surface area contributed by atoms with Gasteiger partial charge in [-0.1, -0.05) is 0 Å². The maximum atomic E-state index is 14.1. The molecule has 0 aromatic rings. The summed E-state index contributed by atoms with van der Waals surface area (Å²) in [4.78, 5) is 59.8. The van der Waals surface area contributed by atoms with Crippen molar-refractivity contribution in [1.29, 1.82) is 0 Å². The van der Waals surface area contributed by atoms with Crippen molar-refractivity contribution in [2.24, 2.45) is 10.8 Å². The molecule has 1 saturated heterocycles. The zero-order valence-corrected chi connectivity index (χ0v) is 26.2. The van der Waals surface area contributed by atoms with E-state index in [0.29, 0.717) is 0 Å². The Balaban J connectivity index is 3.53. The van der Waals surface area contributed by atoms with Crippen molar-refractivity contribution in [3.05, 3.63) is 0 Å². The van der Waals surface area contributed by atoms with Crippen LogP contribution in [0.1, 0.15) is 62.3 Å². The molecule has 0 bridgehead atoms. The fourth-order valence-corrected chi connectivity index (χ4v) is 4.87. The molecule has 1 aliphatic heterocycles. The van der Waals surface area contributed by atoms with Gasteiger partial charge in [0.15, 0.2) is 24.4 Å².